The number of aliphatic carboxylic acids is 1. The Hall–Kier alpha value is -3.38. The predicted molar refractivity (Wildman–Crippen MR) is 130 cm³/mol. The van der Waals surface area contributed by atoms with Crippen LogP contribution in [0.4, 0.5) is 4.39 Å². The summed E-state index contributed by atoms with van der Waals surface area (Å²) in [6.45, 7) is 3.22. The third-order valence-corrected chi connectivity index (χ3v) is 6.16. The minimum absolute atomic E-state index is 0.0889. The largest absolute Gasteiger partial charge is 0.497 e. The number of carbonyl (C=O) groups is 1. The number of rotatable bonds is 10. The van der Waals surface area contributed by atoms with Crippen molar-refractivity contribution >= 4 is 5.97 Å². The zero-order valence-corrected chi connectivity index (χ0v) is 19.4. The first-order chi connectivity index (χ1) is 16.5. The van der Waals surface area contributed by atoms with Crippen LogP contribution in [-0.4, -0.2) is 36.2 Å². The van der Waals surface area contributed by atoms with Crippen molar-refractivity contribution in [3.63, 3.8) is 0 Å². The molecule has 1 fully saturated rings. The Kier molecular flexibility index (Phi) is 7.80. The second kappa shape index (κ2) is 11.2. The lowest BCUT2D eigenvalue weighted by molar-refractivity contribution is -0.136. The Morgan fingerprint density at radius 3 is 2.56 bits per heavy atom. The highest BCUT2D eigenvalue weighted by atomic mass is 19.1. The Labute approximate surface area is 199 Å². The minimum atomic E-state index is -0.815. The van der Waals surface area contributed by atoms with E-state index >= 15 is 0 Å². The molecule has 0 aliphatic carbocycles. The van der Waals surface area contributed by atoms with Gasteiger partial charge >= 0.3 is 5.97 Å². The molecular formula is C28H30FNO4. The molecule has 1 aliphatic heterocycles. The zero-order valence-electron chi connectivity index (χ0n) is 19.4. The number of aryl methyl sites for hydroxylation is 1. The number of carboxylic acid groups (broad SMARTS) is 1. The number of hydrogen-bond acceptors (Lipinski definition) is 4. The Balaban J connectivity index is 1.56. The number of carboxylic acids is 1. The molecule has 1 heterocycles. The predicted octanol–water partition coefficient (Wildman–Crippen LogP) is 5.69. The summed E-state index contributed by atoms with van der Waals surface area (Å²) in [5.41, 5.74) is 4.39. The van der Waals surface area contributed by atoms with Gasteiger partial charge in [0.2, 0.25) is 0 Å². The smallest absolute Gasteiger partial charge is 0.303 e. The van der Waals surface area contributed by atoms with Crippen molar-refractivity contribution < 1.29 is 23.8 Å². The number of halogens is 1. The van der Waals surface area contributed by atoms with E-state index in [0.717, 1.165) is 41.9 Å². The van der Waals surface area contributed by atoms with Gasteiger partial charge in [-0.2, -0.15) is 0 Å². The van der Waals surface area contributed by atoms with E-state index in [4.69, 9.17) is 14.6 Å². The number of benzene rings is 3. The molecule has 178 valence electrons. The molecule has 0 radical (unpaired) electrons. The van der Waals surface area contributed by atoms with Crippen molar-refractivity contribution in [2.45, 2.75) is 38.8 Å². The van der Waals surface area contributed by atoms with Crippen LogP contribution in [0.2, 0.25) is 0 Å². The van der Waals surface area contributed by atoms with E-state index in [9.17, 15) is 9.18 Å². The summed E-state index contributed by atoms with van der Waals surface area (Å²) in [6.07, 6.45) is 2.92. The van der Waals surface area contributed by atoms with Gasteiger partial charge in [0.15, 0.2) is 0 Å². The molecule has 4 rings (SSSR count). The van der Waals surface area contributed by atoms with Gasteiger partial charge in [-0.05, 0) is 84.9 Å². The number of methoxy groups -OCH3 is 1. The molecule has 5 nitrogen and oxygen atoms in total. The van der Waals surface area contributed by atoms with Crippen molar-refractivity contribution in [3.8, 4) is 22.6 Å². The average molecular weight is 464 g/mol. The van der Waals surface area contributed by atoms with E-state index in [1.165, 1.54) is 18.9 Å². The highest BCUT2D eigenvalue weighted by Crippen LogP contribution is 2.32. The molecule has 0 unspecified atom stereocenters. The number of ether oxygens (including phenoxy) is 2. The summed E-state index contributed by atoms with van der Waals surface area (Å²) in [5.74, 6) is 0.237. The van der Waals surface area contributed by atoms with Gasteiger partial charge in [-0.1, -0.05) is 30.3 Å². The molecule has 0 aromatic heterocycles. The Morgan fingerprint density at radius 1 is 0.971 bits per heavy atom. The first-order valence-corrected chi connectivity index (χ1v) is 11.6. The lowest BCUT2D eigenvalue weighted by Crippen LogP contribution is -2.19. The minimum Gasteiger partial charge on any atom is -0.497 e. The van der Waals surface area contributed by atoms with Crippen molar-refractivity contribution in [2.24, 2.45) is 0 Å². The summed E-state index contributed by atoms with van der Waals surface area (Å²) in [6, 6.07) is 18.4. The molecule has 0 saturated carbocycles. The summed E-state index contributed by atoms with van der Waals surface area (Å²) in [4.78, 5) is 13.2. The molecule has 0 amide bonds. The molecule has 1 aliphatic rings. The highest BCUT2D eigenvalue weighted by molar-refractivity contribution is 5.70. The van der Waals surface area contributed by atoms with Crippen LogP contribution in [-0.2, 0) is 24.4 Å². The molecule has 6 heteroatoms. The fourth-order valence-corrected chi connectivity index (χ4v) is 4.36. The molecule has 3 aromatic carbocycles. The normalized spacial score (nSPS) is 13.7. The SMILES string of the molecule is COc1ccc(F)c(-c2ccc(COc3cccc(CCC(=O)O)c3)cc2CN2CCCC2)c1. The number of hydrogen-bond donors (Lipinski definition) is 1. The maximum Gasteiger partial charge on any atom is 0.303 e. The molecule has 1 saturated heterocycles. The van der Waals surface area contributed by atoms with Crippen LogP contribution in [0.15, 0.2) is 60.7 Å². The van der Waals surface area contributed by atoms with Crippen LogP contribution in [0.5, 0.6) is 11.5 Å². The number of nitrogens with zero attached hydrogens (tertiary/aromatic N) is 1. The maximum atomic E-state index is 14.8. The van der Waals surface area contributed by atoms with Crippen LogP contribution >= 0.6 is 0 Å². The lowest BCUT2D eigenvalue weighted by atomic mass is 9.96. The van der Waals surface area contributed by atoms with Gasteiger partial charge in [-0.3, -0.25) is 9.69 Å². The van der Waals surface area contributed by atoms with E-state index in [2.05, 4.69) is 11.0 Å². The molecule has 0 atom stereocenters. The van der Waals surface area contributed by atoms with Crippen LogP contribution < -0.4 is 9.47 Å². The maximum absolute atomic E-state index is 14.8. The first-order valence-electron chi connectivity index (χ1n) is 11.6. The number of likely N-dealkylation sites (tertiary alicyclic amines) is 1. The van der Waals surface area contributed by atoms with Gasteiger partial charge in [0.05, 0.1) is 7.11 Å². The quantitative estimate of drug-likeness (QED) is 0.418. The van der Waals surface area contributed by atoms with E-state index in [-0.39, 0.29) is 12.2 Å². The third kappa shape index (κ3) is 6.14. The van der Waals surface area contributed by atoms with Crippen molar-refractivity contribution in [1.82, 2.24) is 4.90 Å². The van der Waals surface area contributed by atoms with Crippen LogP contribution in [0.25, 0.3) is 11.1 Å². The summed E-state index contributed by atoms with van der Waals surface area (Å²) in [5, 5.41) is 8.91. The van der Waals surface area contributed by atoms with Crippen LogP contribution in [0.1, 0.15) is 36.0 Å². The summed E-state index contributed by atoms with van der Waals surface area (Å²) >= 11 is 0. The first kappa shape index (κ1) is 23.8. The topological polar surface area (TPSA) is 59.0 Å². The van der Waals surface area contributed by atoms with Gasteiger partial charge in [0, 0.05) is 18.5 Å². The average Bonchev–Trinajstić information content (AvgIpc) is 3.35. The Morgan fingerprint density at radius 2 is 1.79 bits per heavy atom. The Bertz CT molecular complexity index is 1140. The molecule has 0 spiro atoms. The van der Waals surface area contributed by atoms with E-state index < -0.39 is 5.97 Å². The van der Waals surface area contributed by atoms with Gasteiger partial charge in [0.25, 0.3) is 0 Å². The molecule has 34 heavy (non-hydrogen) atoms. The molecule has 3 aromatic rings. The standard InChI is InChI=1S/C28H30FNO4/c1-33-23-9-11-27(29)26(17-23)25-10-7-21(15-22(25)18-30-13-2-3-14-30)19-34-24-6-4-5-20(16-24)8-12-28(31)32/h4-7,9-11,15-17H,2-3,8,12-14,18-19H2,1H3,(H,31,32). The fourth-order valence-electron chi connectivity index (χ4n) is 4.36. The van der Waals surface area contributed by atoms with Gasteiger partial charge in [-0.25, -0.2) is 4.39 Å². The lowest BCUT2D eigenvalue weighted by Gasteiger charge is -2.19. The van der Waals surface area contributed by atoms with Gasteiger partial charge in [-0.15, -0.1) is 0 Å². The highest BCUT2D eigenvalue weighted by Gasteiger charge is 2.17. The summed E-state index contributed by atoms with van der Waals surface area (Å²) in [7, 11) is 1.58. The van der Waals surface area contributed by atoms with Crippen molar-refractivity contribution in [3.05, 3.63) is 83.2 Å². The second-order valence-electron chi connectivity index (χ2n) is 8.65. The zero-order chi connectivity index (χ0) is 23.9. The van der Waals surface area contributed by atoms with E-state index in [0.29, 0.717) is 30.1 Å². The van der Waals surface area contributed by atoms with Crippen LogP contribution in [0.3, 0.4) is 0 Å². The van der Waals surface area contributed by atoms with E-state index in [1.807, 2.05) is 36.4 Å². The van der Waals surface area contributed by atoms with Crippen LogP contribution in [0, 0.1) is 5.82 Å². The second-order valence-corrected chi connectivity index (χ2v) is 8.65. The van der Waals surface area contributed by atoms with Crippen molar-refractivity contribution in [2.75, 3.05) is 20.2 Å². The monoisotopic (exact) mass is 463 g/mol. The van der Waals surface area contributed by atoms with Gasteiger partial charge in [0.1, 0.15) is 23.9 Å². The molecular weight excluding hydrogens is 433 g/mol. The summed E-state index contributed by atoms with van der Waals surface area (Å²) < 4.78 is 26.1. The molecule has 0 bridgehead atoms. The molecule has 1 N–H and O–H groups in total. The fraction of sp³-hybridized carbons (Fsp3) is 0.321. The van der Waals surface area contributed by atoms with Crippen molar-refractivity contribution in [1.29, 1.82) is 0 Å². The van der Waals surface area contributed by atoms with E-state index in [1.54, 1.807) is 19.2 Å². The van der Waals surface area contributed by atoms with Gasteiger partial charge < -0.3 is 14.6 Å². The third-order valence-electron chi connectivity index (χ3n) is 6.16.